The molecule has 0 saturated carbocycles. The van der Waals surface area contributed by atoms with Crippen molar-refractivity contribution in [2.45, 2.75) is 26.2 Å². The molecule has 0 spiro atoms. The van der Waals surface area contributed by atoms with Crippen molar-refractivity contribution in [3.63, 3.8) is 0 Å². The summed E-state index contributed by atoms with van der Waals surface area (Å²) in [6, 6.07) is 8.06. The van der Waals surface area contributed by atoms with Gasteiger partial charge in [0.1, 0.15) is 0 Å². The van der Waals surface area contributed by atoms with Crippen LogP contribution in [0, 0.1) is 12.8 Å². The van der Waals surface area contributed by atoms with Crippen LogP contribution in [0.2, 0.25) is 0 Å². The Morgan fingerprint density at radius 2 is 2.00 bits per heavy atom. The molecule has 0 bridgehead atoms. The van der Waals surface area contributed by atoms with Gasteiger partial charge in [-0.25, -0.2) is 0 Å². The average Bonchev–Trinajstić information content (AvgIpc) is 2.75. The number of ketones is 1. The maximum atomic E-state index is 12.6. The molecule has 3 heteroatoms. The zero-order chi connectivity index (χ0) is 13.2. The molecule has 2 heterocycles. The van der Waals surface area contributed by atoms with E-state index in [1.54, 1.807) is 0 Å². The Labute approximate surface area is 113 Å². The first-order valence-corrected chi connectivity index (χ1v) is 7.07. The third-order valence-electron chi connectivity index (χ3n) is 4.11. The number of Topliss-reactive ketones (excluding diaryl/α,β-unsaturated/α-hetero) is 1. The standard InChI is InChI=1S/C16H20N2O/c1-11-16(13-4-2-3-5-14(13)18-11)15(19)10-12-6-8-17-9-7-12/h2-5,12,17-18H,6-10H2,1H3. The molecule has 100 valence electrons. The van der Waals surface area contributed by atoms with Crippen molar-refractivity contribution in [1.82, 2.24) is 10.3 Å². The average molecular weight is 256 g/mol. The first kappa shape index (κ1) is 12.4. The van der Waals surface area contributed by atoms with E-state index in [0.29, 0.717) is 18.1 Å². The van der Waals surface area contributed by atoms with Crippen molar-refractivity contribution in [2.24, 2.45) is 5.92 Å². The van der Waals surface area contributed by atoms with Crippen LogP contribution < -0.4 is 5.32 Å². The predicted octanol–water partition coefficient (Wildman–Crippen LogP) is 3.05. The monoisotopic (exact) mass is 256 g/mol. The van der Waals surface area contributed by atoms with Gasteiger partial charge in [-0.3, -0.25) is 4.79 Å². The van der Waals surface area contributed by atoms with Gasteiger partial charge in [0.15, 0.2) is 5.78 Å². The number of hydrogen-bond donors (Lipinski definition) is 2. The van der Waals surface area contributed by atoms with Gasteiger partial charge >= 0.3 is 0 Å². The van der Waals surface area contributed by atoms with Crippen molar-refractivity contribution in [2.75, 3.05) is 13.1 Å². The van der Waals surface area contributed by atoms with Crippen LogP contribution >= 0.6 is 0 Å². The Kier molecular flexibility index (Phi) is 3.38. The quantitative estimate of drug-likeness (QED) is 0.829. The zero-order valence-corrected chi connectivity index (χ0v) is 11.3. The summed E-state index contributed by atoms with van der Waals surface area (Å²) in [4.78, 5) is 15.9. The van der Waals surface area contributed by atoms with Gasteiger partial charge in [-0.05, 0) is 44.8 Å². The van der Waals surface area contributed by atoms with Gasteiger partial charge in [0.2, 0.25) is 0 Å². The van der Waals surface area contributed by atoms with Crippen LogP contribution in [0.4, 0.5) is 0 Å². The summed E-state index contributed by atoms with van der Waals surface area (Å²) in [5.74, 6) is 0.837. The fourth-order valence-corrected chi connectivity index (χ4v) is 3.09. The number of para-hydroxylation sites is 1. The molecule has 0 aliphatic carbocycles. The van der Waals surface area contributed by atoms with Crippen molar-refractivity contribution >= 4 is 16.7 Å². The molecule has 3 nitrogen and oxygen atoms in total. The van der Waals surface area contributed by atoms with Crippen LogP contribution in [0.3, 0.4) is 0 Å². The highest BCUT2D eigenvalue weighted by atomic mass is 16.1. The fraction of sp³-hybridized carbons (Fsp3) is 0.438. The van der Waals surface area contributed by atoms with Crippen molar-refractivity contribution in [1.29, 1.82) is 0 Å². The lowest BCUT2D eigenvalue weighted by Gasteiger charge is -2.21. The van der Waals surface area contributed by atoms with Crippen LogP contribution in [-0.4, -0.2) is 23.9 Å². The Bertz CT molecular complexity index is 594. The summed E-state index contributed by atoms with van der Waals surface area (Å²) in [5, 5.41) is 4.41. The minimum absolute atomic E-state index is 0.293. The van der Waals surface area contributed by atoms with Crippen LogP contribution in [0.15, 0.2) is 24.3 Å². The molecule has 1 saturated heterocycles. The van der Waals surface area contributed by atoms with Gasteiger partial charge in [0.05, 0.1) is 0 Å². The normalized spacial score (nSPS) is 16.9. The second-order valence-electron chi connectivity index (χ2n) is 5.49. The van der Waals surface area contributed by atoms with Gasteiger partial charge in [0, 0.05) is 28.6 Å². The molecule has 3 rings (SSSR count). The Morgan fingerprint density at radius 1 is 1.26 bits per heavy atom. The molecular weight excluding hydrogens is 236 g/mol. The number of hydrogen-bond acceptors (Lipinski definition) is 2. The lowest BCUT2D eigenvalue weighted by molar-refractivity contribution is 0.0953. The maximum absolute atomic E-state index is 12.6. The van der Waals surface area contributed by atoms with E-state index in [4.69, 9.17) is 0 Å². The molecule has 2 N–H and O–H groups in total. The highest BCUT2D eigenvalue weighted by molar-refractivity contribution is 6.09. The number of rotatable bonds is 3. The van der Waals surface area contributed by atoms with Gasteiger partial charge in [-0.2, -0.15) is 0 Å². The molecule has 2 aromatic rings. The molecule has 1 aromatic heterocycles. The van der Waals surface area contributed by atoms with Crippen LogP contribution in [0.25, 0.3) is 10.9 Å². The van der Waals surface area contributed by atoms with Gasteiger partial charge in [-0.15, -0.1) is 0 Å². The number of fused-ring (bicyclic) bond motifs is 1. The zero-order valence-electron chi connectivity index (χ0n) is 11.3. The van der Waals surface area contributed by atoms with E-state index in [0.717, 1.165) is 48.1 Å². The number of aryl methyl sites for hydroxylation is 1. The molecule has 19 heavy (non-hydrogen) atoms. The first-order valence-electron chi connectivity index (χ1n) is 7.07. The Hall–Kier alpha value is -1.61. The van der Waals surface area contributed by atoms with Crippen molar-refractivity contribution < 1.29 is 4.79 Å². The third-order valence-corrected chi connectivity index (χ3v) is 4.11. The number of H-pyrrole nitrogens is 1. The number of piperidine rings is 1. The van der Waals surface area contributed by atoms with Crippen LogP contribution in [-0.2, 0) is 0 Å². The van der Waals surface area contributed by atoms with E-state index in [-0.39, 0.29) is 0 Å². The van der Waals surface area contributed by atoms with Crippen LogP contribution in [0.1, 0.15) is 35.3 Å². The molecule has 1 aliphatic heterocycles. The largest absolute Gasteiger partial charge is 0.358 e. The third kappa shape index (κ3) is 2.43. The Balaban J connectivity index is 1.86. The minimum atomic E-state index is 0.293. The number of carbonyl (C=O) groups is 1. The number of nitrogens with one attached hydrogen (secondary N) is 2. The van der Waals surface area contributed by atoms with E-state index in [1.807, 2.05) is 31.2 Å². The minimum Gasteiger partial charge on any atom is -0.358 e. The summed E-state index contributed by atoms with van der Waals surface area (Å²) >= 11 is 0. The summed E-state index contributed by atoms with van der Waals surface area (Å²) in [5.41, 5.74) is 2.96. The molecule has 1 aromatic carbocycles. The van der Waals surface area contributed by atoms with E-state index >= 15 is 0 Å². The predicted molar refractivity (Wildman–Crippen MR) is 77.6 cm³/mol. The number of benzene rings is 1. The summed E-state index contributed by atoms with van der Waals surface area (Å²) < 4.78 is 0. The Morgan fingerprint density at radius 3 is 2.79 bits per heavy atom. The van der Waals surface area contributed by atoms with Crippen molar-refractivity contribution in [3.8, 4) is 0 Å². The van der Waals surface area contributed by atoms with Crippen molar-refractivity contribution in [3.05, 3.63) is 35.5 Å². The summed E-state index contributed by atoms with van der Waals surface area (Å²) in [6.45, 7) is 4.09. The maximum Gasteiger partial charge on any atom is 0.165 e. The second-order valence-corrected chi connectivity index (χ2v) is 5.49. The van der Waals surface area contributed by atoms with E-state index in [2.05, 4.69) is 10.3 Å². The molecule has 0 unspecified atom stereocenters. The van der Waals surface area contributed by atoms with E-state index in [1.165, 1.54) is 0 Å². The molecule has 1 fully saturated rings. The molecule has 0 radical (unpaired) electrons. The molecular formula is C16H20N2O. The highest BCUT2D eigenvalue weighted by Crippen LogP contribution is 2.26. The topological polar surface area (TPSA) is 44.9 Å². The highest BCUT2D eigenvalue weighted by Gasteiger charge is 2.21. The fourth-order valence-electron chi connectivity index (χ4n) is 3.09. The molecule has 1 aliphatic rings. The SMILES string of the molecule is Cc1[nH]c2ccccc2c1C(=O)CC1CCNCC1. The number of aromatic amines is 1. The van der Waals surface area contributed by atoms with E-state index < -0.39 is 0 Å². The first-order chi connectivity index (χ1) is 9.25. The lowest BCUT2D eigenvalue weighted by atomic mass is 9.90. The lowest BCUT2D eigenvalue weighted by Crippen LogP contribution is -2.29. The molecule has 0 amide bonds. The summed E-state index contributed by atoms with van der Waals surface area (Å²) in [7, 11) is 0. The number of aromatic nitrogens is 1. The molecule has 0 atom stereocenters. The number of carbonyl (C=O) groups excluding carboxylic acids is 1. The van der Waals surface area contributed by atoms with Gasteiger partial charge in [0.25, 0.3) is 0 Å². The van der Waals surface area contributed by atoms with Gasteiger partial charge < -0.3 is 10.3 Å². The second kappa shape index (κ2) is 5.17. The summed E-state index contributed by atoms with van der Waals surface area (Å²) in [6.07, 6.45) is 2.92. The van der Waals surface area contributed by atoms with Gasteiger partial charge in [-0.1, -0.05) is 18.2 Å². The smallest absolute Gasteiger partial charge is 0.165 e. The van der Waals surface area contributed by atoms with E-state index in [9.17, 15) is 4.79 Å². The van der Waals surface area contributed by atoms with Crippen LogP contribution in [0.5, 0.6) is 0 Å².